The molecule has 2 unspecified atom stereocenters. The van der Waals surface area contributed by atoms with Crippen LogP contribution in [-0.2, 0) is 23.9 Å². The molecule has 3 rings (SSSR count). The molecule has 0 radical (unpaired) electrons. The second-order valence-corrected chi connectivity index (χ2v) is 10.2. The molecular formula is C27H44N2O6. The van der Waals surface area contributed by atoms with Gasteiger partial charge in [-0.2, -0.15) is 0 Å². The van der Waals surface area contributed by atoms with Gasteiger partial charge < -0.3 is 24.4 Å². The molecule has 0 aromatic carbocycles. The number of aliphatic hydroxyl groups is 1. The number of unbranched alkanes of at least 4 members (excludes halogenated alkanes) is 4. The lowest BCUT2D eigenvalue weighted by Crippen LogP contribution is -2.56. The molecule has 8 nitrogen and oxygen atoms in total. The monoisotopic (exact) mass is 492 g/mol. The number of nitrogens with zero attached hydrogens (tertiary/aromatic N) is 2. The van der Waals surface area contributed by atoms with E-state index >= 15 is 0 Å². The first-order valence-corrected chi connectivity index (χ1v) is 13.5. The van der Waals surface area contributed by atoms with Crippen LogP contribution in [0.4, 0.5) is 0 Å². The van der Waals surface area contributed by atoms with Crippen molar-refractivity contribution in [1.29, 1.82) is 0 Å². The maximum Gasteiger partial charge on any atom is 0.312 e. The van der Waals surface area contributed by atoms with Crippen LogP contribution in [0.5, 0.6) is 0 Å². The molecule has 3 saturated heterocycles. The number of fused-ring (bicyclic) bond motifs is 1. The predicted octanol–water partition coefficient (Wildman–Crippen LogP) is 3.07. The minimum atomic E-state index is -1.00. The van der Waals surface area contributed by atoms with E-state index in [1.807, 2.05) is 6.92 Å². The Labute approximate surface area is 210 Å². The third-order valence-corrected chi connectivity index (χ3v) is 8.21. The Balaban J connectivity index is 1.98. The molecule has 3 aliphatic heterocycles. The van der Waals surface area contributed by atoms with Crippen LogP contribution in [-0.4, -0.2) is 82.8 Å². The standard InChI is InChI=1S/C27H44N2O6/c1-5-9-17-28(16-6-2)24(32)22-27-15-14-26(7-3,35-27)21(25(33)34-8-4)20(27)23(31)29(22)18-12-10-11-13-19-30/h6,20-22,30H,2,5,7-19H2,1,3-4H3/t20-,21+,22?,26-,27?/m0/s1. The second kappa shape index (κ2) is 11.9. The Hall–Kier alpha value is -1.93. The Kier molecular flexibility index (Phi) is 9.38. The predicted molar refractivity (Wildman–Crippen MR) is 132 cm³/mol. The largest absolute Gasteiger partial charge is 0.466 e. The Morgan fingerprint density at radius 2 is 1.94 bits per heavy atom. The van der Waals surface area contributed by atoms with E-state index in [2.05, 4.69) is 13.5 Å². The minimum Gasteiger partial charge on any atom is -0.466 e. The van der Waals surface area contributed by atoms with Crippen molar-refractivity contribution in [2.45, 2.75) is 95.8 Å². The van der Waals surface area contributed by atoms with Crippen molar-refractivity contribution in [1.82, 2.24) is 9.80 Å². The van der Waals surface area contributed by atoms with Crippen molar-refractivity contribution in [2.24, 2.45) is 11.8 Å². The minimum absolute atomic E-state index is 0.110. The molecule has 0 aliphatic carbocycles. The van der Waals surface area contributed by atoms with E-state index in [9.17, 15) is 14.4 Å². The number of carbonyl (C=O) groups excluding carboxylic acids is 3. The maximum absolute atomic E-state index is 14.1. The van der Waals surface area contributed by atoms with E-state index in [1.54, 1.807) is 22.8 Å². The summed E-state index contributed by atoms with van der Waals surface area (Å²) in [4.78, 5) is 44.8. The zero-order valence-electron chi connectivity index (χ0n) is 21.8. The molecule has 0 saturated carbocycles. The van der Waals surface area contributed by atoms with Gasteiger partial charge in [0.15, 0.2) is 0 Å². The fourth-order valence-electron chi connectivity index (χ4n) is 6.55. The molecule has 1 spiro atoms. The zero-order chi connectivity index (χ0) is 25.6. The van der Waals surface area contributed by atoms with Gasteiger partial charge in [-0.05, 0) is 45.4 Å². The van der Waals surface area contributed by atoms with E-state index in [-0.39, 0.29) is 31.0 Å². The van der Waals surface area contributed by atoms with E-state index in [0.29, 0.717) is 38.9 Å². The molecule has 3 fully saturated rings. The van der Waals surface area contributed by atoms with Gasteiger partial charge in [-0.3, -0.25) is 14.4 Å². The highest BCUT2D eigenvalue weighted by Gasteiger charge is 2.79. The van der Waals surface area contributed by atoms with E-state index < -0.39 is 29.1 Å². The van der Waals surface area contributed by atoms with Gasteiger partial charge in [-0.15, -0.1) is 6.58 Å². The van der Waals surface area contributed by atoms with Crippen molar-refractivity contribution < 1.29 is 29.0 Å². The highest BCUT2D eigenvalue weighted by Crippen LogP contribution is 2.64. The highest BCUT2D eigenvalue weighted by atomic mass is 16.6. The first-order valence-electron chi connectivity index (χ1n) is 13.5. The number of amides is 2. The lowest BCUT2D eigenvalue weighted by molar-refractivity contribution is -0.161. The highest BCUT2D eigenvalue weighted by molar-refractivity contribution is 5.98. The van der Waals surface area contributed by atoms with Gasteiger partial charge in [0.1, 0.15) is 17.6 Å². The van der Waals surface area contributed by atoms with Gasteiger partial charge in [0.05, 0.1) is 18.1 Å². The van der Waals surface area contributed by atoms with Crippen LogP contribution >= 0.6 is 0 Å². The number of hydrogen-bond acceptors (Lipinski definition) is 6. The maximum atomic E-state index is 14.1. The lowest BCUT2D eigenvalue weighted by atomic mass is 9.65. The Morgan fingerprint density at radius 3 is 2.57 bits per heavy atom. The molecule has 1 N–H and O–H groups in total. The molecule has 5 atom stereocenters. The number of aliphatic hydroxyl groups excluding tert-OH is 1. The van der Waals surface area contributed by atoms with Crippen LogP contribution in [0.2, 0.25) is 0 Å². The number of likely N-dealkylation sites (tertiary alicyclic amines) is 1. The van der Waals surface area contributed by atoms with Gasteiger partial charge in [-0.25, -0.2) is 0 Å². The third kappa shape index (κ3) is 4.88. The van der Waals surface area contributed by atoms with Crippen LogP contribution in [0.1, 0.15) is 78.6 Å². The van der Waals surface area contributed by atoms with Crippen LogP contribution in [0, 0.1) is 11.8 Å². The average molecular weight is 493 g/mol. The summed E-state index contributed by atoms with van der Waals surface area (Å²) in [6, 6.07) is -0.748. The molecule has 8 heteroatoms. The normalized spacial score (nSPS) is 31.0. The first kappa shape index (κ1) is 27.7. The van der Waals surface area contributed by atoms with Gasteiger partial charge in [0.2, 0.25) is 11.8 Å². The van der Waals surface area contributed by atoms with Crippen LogP contribution in [0.15, 0.2) is 12.7 Å². The Bertz CT molecular complexity index is 788. The quantitative estimate of drug-likeness (QED) is 0.214. The van der Waals surface area contributed by atoms with Crippen molar-refractivity contribution in [3.63, 3.8) is 0 Å². The third-order valence-electron chi connectivity index (χ3n) is 8.21. The molecular weight excluding hydrogens is 448 g/mol. The molecule has 3 heterocycles. The summed E-state index contributed by atoms with van der Waals surface area (Å²) in [7, 11) is 0. The molecule has 35 heavy (non-hydrogen) atoms. The fourth-order valence-corrected chi connectivity index (χ4v) is 6.55. The summed E-state index contributed by atoms with van der Waals surface area (Å²) < 4.78 is 12.2. The summed E-state index contributed by atoms with van der Waals surface area (Å²) in [6.07, 6.45) is 8.54. The molecule has 3 aliphatic rings. The van der Waals surface area contributed by atoms with Crippen LogP contribution < -0.4 is 0 Å². The first-order chi connectivity index (χ1) is 16.9. The topological polar surface area (TPSA) is 96.4 Å². The lowest BCUT2D eigenvalue weighted by Gasteiger charge is -2.37. The van der Waals surface area contributed by atoms with Crippen LogP contribution in [0.3, 0.4) is 0 Å². The zero-order valence-corrected chi connectivity index (χ0v) is 21.8. The van der Waals surface area contributed by atoms with E-state index in [0.717, 1.165) is 38.5 Å². The van der Waals surface area contributed by atoms with Gasteiger partial charge in [-0.1, -0.05) is 39.2 Å². The molecule has 0 aromatic heterocycles. The summed E-state index contributed by atoms with van der Waals surface area (Å²) in [5, 5.41) is 9.09. The summed E-state index contributed by atoms with van der Waals surface area (Å²) in [5.74, 6) is -2.04. The number of hydrogen-bond donors (Lipinski definition) is 1. The van der Waals surface area contributed by atoms with Gasteiger partial charge in [0.25, 0.3) is 0 Å². The average Bonchev–Trinajstić information content (AvgIpc) is 3.45. The van der Waals surface area contributed by atoms with Crippen molar-refractivity contribution in [3.05, 3.63) is 12.7 Å². The summed E-state index contributed by atoms with van der Waals surface area (Å²) in [5.41, 5.74) is -1.76. The SMILES string of the molecule is C=CCN(CCCC)C(=O)C1N(CCCCCCO)C(=O)[C@@H]2[C@H](C(=O)OCC)[C@]3(CC)CCC12O3. The number of rotatable bonds is 15. The molecule has 2 bridgehead atoms. The second-order valence-electron chi connectivity index (χ2n) is 10.2. The van der Waals surface area contributed by atoms with Crippen molar-refractivity contribution >= 4 is 17.8 Å². The van der Waals surface area contributed by atoms with Crippen molar-refractivity contribution in [3.8, 4) is 0 Å². The number of carbonyl (C=O) groups is 3. The van der Waals surface area contributed by atoms with E-state index in [4.69, 9.17) is 14.6 Å². The molecule has 2 amide bonds. The molecule has 198 valence electrons. The van der Waals surface area contributed by atoms with Crippen molar-refractivity contribution in [2.75, 3.05) is 32.8 Å². The fraction of sp³-hybridized carbons (Fsp3) is 0.815. The van der Waals surface area contributed by atoms with Gasteiger partial charge >= 0.3 is 5.97 Å². The van der Waals surface area contributed by atoms with E-state index in [1.165, 1.54) is 0 Å². The molecule has 0 aromatic rings. The van der Waals surface area contributed by atoms with Crippen LogP contribution in [0.25, 0.3) is 0 Å². The summed E-state index contributed by atoms with van der Waals surface area (Å²) >= 11 is 0. The Morgan fingerprint density at radius 1 is 1.20 bits per heavy atom. The van der Waals surface area contributed by atoms with Gasteiger partial charge in [0, 0.05) is 26.2 Å². The smallest absolute Gasteiger partial charge is 0.312 e. The summed E-state index contributed by atoms with van der Waals surface area (Å²) in [6.45, 7) is 11.5. The number of esters is 1. The number of ether oxygens (including phenoxy) is 2.